The van der Waals surface area contributed by atoms with Gasteiger partial charge in [0.2, 0.25) is 0 Å². The molecule has 1 aromatic heterocycles. The predicted octanol–water partition coefficient (Wildman–Crippen LogP) is 1.63. The van der Waals surface area contributed by atoms with Crippen LogP contribution in [0.3, 0.4) is 0 Å². The van der Waals surface area contributed by atoms with Crippen molar-refractivity contribution in [3.8, 4) is 0 Å². The largest absolute Gasteiger partial charge is 0.391 e. The maximum absolute atomic E-state index is 9.57. The molecule has 0 aliphatic heterocycles. The summed E-state index contributed by atoms with van der Waals surface area (Å²) in [4.78, 5) is 4.26. The van der Waals surface area contributed by atoms with Crippen molar-refractivity contribution in [3.05, 3.63) is 11.1 Å². The topological polar surface area (TPSA) is 45.1 Å². The van der Waals surface area contributed by atoms with E-state index in [1.807, 2.05) is 12.3 Å². The lowest BCUT2D eigenvalue weighted by Crippen LogP contribution is -2.21. The number of aromatic nitrogens is 1. The third-order valence-corrected chi connectivity index (χ3v) is 3.17. The Morgan fingerprint density at radius 2 is 2.54 bits per heavy atom. The molecule has 3 nitrogen and oxygen atoms in total. The van der Waals surface area contributed by atoms with Crippen molar-refractivity contribution in [1.82, 2.24) is 4.98 Å². The molecule has 1 atom stereocenters. The van der Waals surface area contributed by atoms with Crippen LogP contribution in [0.25, 0.3) is 0 Å². The Balaban J connectivity index is 1.78. The van der Waals surface area contributed by atoms with Crippen LogP contribution in [0.2, 0.25) is 0 Å². The Labute approximate surface area is 81.8 Å². The van der Waals surface area contributed by atoms with Crippen LogP contribution in [0.4, 0.5) is 5.13 Å². The monoisotopic (exact) mass is 198 g/mol. The fourth-order valence-corrected chi connectivity index (χ4v) is 1.97. The van der Waals surface area contributed by atoms with E-state index in [-0.39, 0.29) is 6.10 Å². The molecule has 0 bridgehead atoms. The number of nitrogens with zero attached hydrogens (tertiary/aromatic N) is 1. The predicted molar refractivity (Wildman–Crippen MR) is 54.1 cm³/mol. The molecule has 72 valence electrons. The highest BCUT2D eigenvalue weighted by molar-refractivity contribution is 7.13. The molecule has 0 aromatic carbocycles. The molecule has 2 N–H and O–H groups in total. The van der Waals surface area contributed by atoms with E-state index in [1.165, 1.54) is 12.8 Å². The van der Waals surface area contributed by atoms with Gasteiger partial charge in [-0.15, -0.1) is 11.3 Å². The quantitative estimate of drug-likeness (QED) is 0.773. The first kappa shape index (κ1) is 8.97. The maximum Gasteiger partial charge on any atom is 0.182 e. The first-order valence-electron chi connectivity index (χ1n) is 4.60. The molecule has 0 radical (unpaired) electrons. The average Bonchev–Trinajstić information content (AvgIpc) is 2.87. The fraction of sp³-hybridized carbons (Fsp3) is 0.667. The van der Waals surface area contributed by atoms with E-state index in [4.69, 9.17) is 0 Å². The number of aliphatic hydroxyl groups is 1. The SMILES string of the molecule is Cc1csc(NCC(O)C2CC2)n1. The van der Waals surface area contributed by atoms with Crippen molar-refractivity contribution >= 4 is 16.5 Å². The van der Waals surface area contributed by atoms with Gasteiger partial charge in [0, 0.05) is 11.9 Å². The summed E-state index contributed by atoms with van der Waals surface area (Å²) in [5, 5.41) is 15.6. The Hall–Kier alpha value is -0.610. The average molecular weight is 198 g/mol. The number of nitrogens with one attached hydrogen (secondary N) is 1. The molecule has 0 amide bonds. The van der Waals surface area contributed by atoms with Gasteiger partial charge >= 0.3 is 0 Å². The van der Waals surface area contributed by atoms with Crippen LogP contribution < -0.4 is 5.32 Å². The van der Waals surface area contributed by atoms with E-state index in [2.05, 4.69) is 10.3 Å². The Kier molecular flexibility index (Phi) is 2.51. The summed E-state index contributed by atoms with van der Waals surface area (Å²) >= 11 is 1.59. The van der Waals surface area contributed by atoms with Crippen molar-refractivity contribution in [3.63, 3.8) is 0 Å². The summed E-state index contributed by atoms with van der Waals surface area (Å²) in [6, 6.07) is 0. The first-order chi connectivity index (χ1) is 6.25. The lowest BCUT2D eigenvalue weighted by molar-refractivity contribution is 0.164. The summed E-state index contributed by atoms with van der Waals surface area (Å²) < 4.78 is 0. The van der Waals surface area contributed by atoms with Gasteiger partial charge in [0.15, 0.2) is 5.13 Å². The molecular weight excluding hydrogens is 184 g/mol. The molecule has 1 unspecified atom stereocenters. The summed E-state index contributed by atoms with van der Waals surface area (Å²) in [7, 11) is 0. The Bertz CT molecular complexity index is 283. The Morgan fingerprint density at radius 1 is 1.77 bits per heavy atom. The van der Waals surface area contributed by atoms with E-state index >= 15 is 0 Å². The van der Waals surface area contributed by atoms with Crippen molar-refractivity contribution in [2.75, 3.05) is 11.9 Å². The second kappa shape index (κ2) is 3.64. The van der Waals surface area contributed by atoms with Crippen LogP contribution in [0, 0.1) is 12.8 Å². The summed E-state index contributed by atoms with van der Waals surface area (Å²) in [5.41, 5.74) is 1.04. The lowest BCUT2D eigenvalue weighted by Gasteiger charge is -2.08. The third-order valence-electron chi connectivity index (χ3n) is 2.25. The van der Waals surface area contributed by atoms with Gasteiger partial charge in [0.05, 0.1) is 11.8 Å². The molecule has 1 aliphatic rings. The zero-order valence-electron chi connectivity index (χ0n) is 7.66. The van der Waals surface area contributed by atoms with Gasteiger partial charge in [0.1, 0.15) is 0 Å². The van der Waals surface area contributed by atoms with Gasteiger partial charge in [-0.3, -0.25) is 0 Å². The van der Waals surface area contributed by atoms with E-state index in [0.29, 0.717) is 12.5 Å². The minimum absolute atomic E-state index is 0.191. The molecule has 1 aliphatic carbocycles. The smallest absolute Gasteiger partial charge is 0.182 e. The van der Waals surface area contributed by atoms with Crippen molar-refractivity contribution in [2.24, 2.45) is 5.92 Å². The van der Waals surface area contributed by atoms with Crippen LogP contribution in [0.15, 0.2) is 5.38 Å². The number of hydrogen-bond acceptors (Lipinski definition) is 4. The molecule has 2 rings (SSSR count). The minimum atomic E-state index is -0.191. The molecule has 0 spiro atoms. The number of anilines is 1. The van der Waals surface area contributed by atoms with Crippen LogP contribution in [-0.2, 0) is 0 Å². The number of aliphatic hydroxyl groups excluding tert-OH is 1. The van der Waals surface area contributed by atoms with Gasteiger partial charge in [0.25, 0.3) is 0 Å². The second-order valence-corrected chi connectivity index (χ2v) is 4.44. The molecule has 0 saturated heterocycles. The summed E-state index contributed by atoms with van der Waals surface area (Å²) in [6.07, 6.45) is 2.17. The highest BCUT2D eigenvalue weighted by Crippen LogP contribution is 2.32. The van der Waals surface area contributed by atoms with E-state index in [1.54, 1.807) is 11.3 Å². The van der Waals surface area contributed by atoms with Gasteiger partial charge in [-0.1, -0.05) is 0 Å². The fourth-order valence-electron chi connectivity index (χ4n) is 1.27. The summed E-state index contributed by atoms with van der Waals surface area (Å²) in [6.45, 7) is 2.61. The van der Waals surface area contributed by atoms with E-state index < -0.39 is 0 Å². The highest BCUT2D eigenvalue weighted by Gasteiger charge is 2.29. The van der Waals surface area contributed by atoms with E-state index in [0.717, 1.165) is 10.8 Å². The first-order valence-corrected chi connectivity index (χ1v) is 5.48. The van der Waals surface area contributed by atoms with Gasteiger partial charge in [-0.25, -0.2) is 4.98 Å². The molecule has 1 heterocycles. The number of aryl methyl sites for hydroxylation is 1. The Morgan fingerprint density at radius 3 is 3.08 bits per heavy atom. The highest BCUT2D eigenvalue weighted by atomic mass is 32.1. The zero-order valence-corrected chi connectivity index (χ0v) is 8.47. The molecule has 4 heteroatoms. The third kappa shape index (κ3) is 2.42. The van der Waals surface area contributed by atoms with Gasteiger partial charge in [-0.2, -0.15) is 0 Å². The standard InChI is InChI=1S/C9H14N2OS/c1-6-5-13-9(11-6)10-4-8(12)7-2-3-7/h5,7-8,12H,2-4H2,1H3,(H,10,11). The summed E-state index contributed by atoms with van der Waals surface area (Å²) in [5.74, 6) is 0.536. The number of thiazole rings is 1. The molecule has 13 heavy (non-hydrogen) atoms. The van der Waals surface area contributed by atoms with Crippen LogP contribution >= 0.6 is 11.3 Å². The molecule has 1 saturated carbocycles. The maximum atomic E-state index is 9.57. The van der Waals surface area contributed by atoms with Gasteiger partial charge in [-0.05, 0) is 25.7 Å². The molecule has 1 aromatic rings. The zero-order chi connectivity index (χ0) is 9.26. The van der Waals surface area contributed by atoms with Crippen LogP contribution in [0.5, 0.6) is 0 Å². The number of rotatable bonds is 4. The molecular formula is C9H14N2OS. The van der Waals surface area contributed by atoms with Crippen molar-refractivity contribution in [1.29, 1.82) is 0 Å². The lowest BCUT2D eigenvalue weighted by atomic mass is 10.2. The minimum Gasteiger partial charge on any atom is -0.391 e. The number of hydrogen-bond donors (Lipinski definition) is 2. The molecule has 1 fully saturated rings. The van der Waals surface area contributed by atoms with Gasteiger partial charge < -0.3 is 10.4 Å². The van der Waals surface area contributed by atoms with Crippen LogP contribution in [0.1, 0.15) is 18.5 Å². The second-order valence-electron chi connectivity index (χ2n) is 3.58. The normalized spacial score (nSPS) is 18.6. The van der Waals surface area contributed by atoms with Crippen LogP contribution in [-0.4, -0.2) is 22.7 Å². The van der Waals surface area contributed by atoms with Crippen molar-refractivity contribution in [2.45, 2.75) is 25.9 Å². The van der Waals surface area contributed by atoms with Crippen molar-refractivity contribution < 1.29 is 5.11 Å². The van der Waals surface area contributed by atoms with E-state index in [9.17, 15) is 5.11 Å².